The molecule has 3 rings (SSSR count). The molecule has 0 bridgehead atoms. The van der Waals surface area contributed by atoms with E-state index < -0.39 is 0 Å². The van der Waals surface area contributed by atoms with Gasteiger partial charge in [-0.1, -0.05) is 0 Å². The van der Waals surface area contributed by atoms with E-state index >= 15 is 0 Å². The molecule has 0 aliphatic carbocycles. The molecule has 1 atom stereocenters. The minimum absolute atomic E-state index is 0.0241. The predicted molar refractivity (Wildman–Crippen MR) is 91.1 cm³/mol. The minimum atomic E-state index is -0.376. The second-order valence-corrected chi connectivity index (χ2v) is 7.34. The lowest BCUT2D eigenvalue weighted by molar-refractivity contribution is -0.151. The highest BCUT2D eigenvalue weighted by Gasteiger charge is 2.50. The molecule has 3 saturated heterocycles. The number of ether oxygens (including phenoxy) is 3. The fourth-order valence-corrected chi connectivity index (χ4v) is 4.30. The average molecular weight is 354 g/mol. The molecule has 7 nitrogen and oxygen atoms in total. The Bertz CT molecular complexity index is 480. The first-order valence-electron chi connectivity index (χ1n) is 9.39. The van der Waals surface area contributed by atoms with Gasteiger partial charge in [-0.2, -0.15) is 0 Å². The Hall–Kier alpha value is -1.18. The molecule has 1 spiro atoms. The molecule has 0 radical (unpaired) electrons. The van der Waals surface area contributed by atoms with E-state index in [1.807, 2.05) is 0 Å². The van der Waals surface area contributed by atoms with Gasteiger partial charge in [0, 0.05) is 46.0 Å². The van der Waals surface area contributed by atoms with Gasteiger partial charge in [0.05, 0.1) is 18.6 Å². The van der Waals surface area contributed by atoms with Crippen LogP contribution in [0, 0.1) is 5.41 Å². The predicted octanol–water partition coefficient (Wildman–Crippen LogP) is 0.670. The molecule has 142 valence electrons. The van der Waals surface area contributed by atoms with E-state index in [1.54, 1.807) is 12.0 Å². The summed E-state index contributed by atoms with van der Waals surface area (Å²) in [4.78, 5) is 29.4. The summed E-state index contributed by atoms with van der Waals surface area (Å²) in [7, 11) is 1.61. The van der Waals surface area contributed by atoms with Gasteiger partial charge in [0.2, 0.25) is 11.8 Å². The minimum Gasteiger partial charge on any atom is -0.382 e. The van der Waals surface area contributed by atoms with Gasteiger partial charge in [-0.15, -0.1) is 0 Å². The summed E-state index contributed by atoms with van der Waals surface area (Å²) in [5.74, 6) is 0.227. The van der Waals surface area contributed by atoms with Gasteiger partial charge in [-0.3, -0.25) is 9.59 Å². The summed E-state index contributed by atoms with van der Waals surface area (Å²) in [5, 5.41) is 0. The molecule has 0 N–H and O–H groups in total. The number of rotatable bonds is 6. The molecular weight excluding hydrogens is 324 g/mol. The van der Waals surface area contributed by atoms with Crippen LogP contribution in [0.5, 0.6) is 0 Å². The first-order chi connectivity index (χ1) is 12.2. The number of nitrogens with zero attached hydrogens (tertiary/aromatic N) is 2. The van der Waals surface area contributed by atoms with Gasteiger partial charge >= 0.3 is 0 Å². The first kappa shape index (κ1) is 18.6. The molecular formula is C18H30N2O5. The Morgan fingerprint density at radius 2 is 2.04 bits per heavy atom. The average Bonchev–Trinajstić information content (AvgIpc) is 3.07. The molecule has 2 amide bonds. The van der Waals surface area contributed by atoms with Gasteiger partial charge in [0.15, 0.2) is 0 Å². The zero-order valence-electron chi connectivity index (χ0n) is 15.2. The van der Waals surface area contributed by atoms with Crippen molar-refractivity contribution >= 4 is 11.8 Å². The van der Waals surface area contributed by atoms with Crippen LogP contribution >= 0.6 is 0 Å². The third kappa shape index (κ3) is 4.15. The molecule has 3 aliphatic rings. The SMILES string of the molecule is COCCOCC(=O)N1CCC2(CCCN(C3CCOCC3)C2=O)C1. The summed E-state index contributed by atoms with van der Waals surface area (Å²) in [5.41, 5.74) is -0.376. The van der Waals surface area contributed by atoms with Crippen molar-refractivity contribution in [1.82, 2.24) is 9.80 Å². The van der Waals surface area contributed by atoms with Crippen LogP contribution in [0.25, 0.3) is 0 Å². The van der Waals surface area contributed by atoms with E-state index in [1.165, 1.54) is 0 Å². The highest BCUT2D eigenvalue weighted by atomic mass is 16.5. The fourth-order valence-electron chi connectivity index (χ4n) is 4.30. The number of hydrogen-bond donors (Lipinski definition) is 0. The third-order valence-corrected chi connectivity index (χ3v) is 5.76. The highest BCUT2D eigenvalue weighted by Crippen LogP contribution is 2.41. The quantitative estimate of drug-likeness (QED) is 0.656. The lowest BCUT2D eigenvalue weighted by Crippen LogP contribution is -2.55. The van der Waals surface area contributed by atoms with E-state index in [9.17, 15) is 9.59 Å². The van der Waals surface area contributed by atoms with E-state index in [0.29, 0.717) is 32.3 Å². The molecule has 3 aliphatic heterocycles. The number of carbonyl (C=O) groups excluding carboxylic acids is 2. The molecule has 7 heteroatoms. The summed E-state index contributed by atoms with van der Waals surface area (Å²) in [6.45, 7) is 4.48. The number of likely N-dealkylation sites (tertiary alicyclic amines) is 2. The summed E-state index contributed by atoms with van der Waals surface area (Å²) in [6.07, 6.45) is 4.54. The Kier molecular flexibility index (Phi) is 6.30. The smallest absolute Gasteiger partial charge is 0.248 e. The van der Waals surface area contributed by atoms with Crippen molar-refractivity contribution in [2.24, 2.45) is 5.41 Å². The van der Waals surface area contributed by atoms with Gasteiger partial charge in [0.1, 0.15) is 6.61 Å². The van der Waals surface area contributed by atoms with E-state index in [2.05, 4.69) is 4.90 Å². The van der Waals surface area contributed by atoms with Crippen LogP contribution in [-0.4, -0.2) is 87.4 Å². The van der Waals surface area contributed by atoms with Crippen LogP contribution in [0.4, 0.5) is 0 Å². The highest BCUT2D eigenvalue weighted by molar-refractivity contribution is 5.86. The van der Waals surface area contributed by atoms with Crippen molar-refractivity contribution in [2.75, 3.05) is 59.8 Å². The van der Waals surface area contributed by atoms with Crippen molar-refractivity contribution in [3.8, 4) is 0 Å². The second-order valence-electron chi connectivity index (χ2n) is 7.34. The standard InChI is InChI=1S/C18H30N2O5/c1-23-11-12-25-13-16(21)19-8-6-18(14-19)5-2-7-20(17(18)22)15-3-9-24-10-4-15/h15H,2-14H2,1H3. The number of amides is 2. The number of piperidine rings is 1. The maximum absolute atomic E-state index is 13.2. The Morgan fingerprint density at radius 3 is 2.80 bits per heavy atom. The maximum atomic E-state index is 13.2. The van der Waals surface area contributed by atoms with Crippen LogP contribution in [0.2, 0.25) is 0 Å². The molecule has 0 aromatic heterocycles. The first-order valence-corrected chi connectivity index (χ1v) is 9.39. The van der Waals surface area contributed by atoms with Crippen molar-refractivity contribution in [3.05, 3.63) is 0 Å². The van der Waals surface area contributed by atoms with Crippen molar-refractivity contribution in [1.29, 1.82) is 0 Å². The van der Waals surface area contributed by atoms with Crippen LogP contribution in [-0.2, 0) is 23.8 Å². The third-order valence-electron chi connectivity index (χ3n) is 5.76. The summed E-state index contributed by atoms with van der Waals surface area (Å²) >= 11 is 0. The summed E-state index contributed by atoms with van der Waals surface area (Å²) < 4.78 is 15.7. The molecule has 0 saturated carbocycles. The molecule has 0 aromatic rings. The monoisotopic (exact) mass is 354 g/mol. The Morgan fingerprint density at radius 1 is 1.24 bits per heavy atom. The van der Waals surface area contributed by atoms with E-state index in [4.69, 9.17) is 14.2 Å². The van der Waals surface area contributed by atoms with Gasteiger partial charge in [0.25, 0.3) is 0 Å². The lowest BCUT2D eigenvalue weighted by Gasteiger charge is -2.44. The molecule has 3 fully saturated rings. The van der Waals surface area contributed by atoms with E-state index in [-0.39, 0.29) is 23.8 Å². The van der Waals surface area contributed by atoms with Gasteiger partial charge in [-0.25, -0.2) is 0 Å². The van der Waals surface area contributed by atoms with Crippen molar-refractivity contribution < 1.29 is 23.8 Å². The largest absolute Gasteiger partial charge is 0.382 e. The Balaban J connectivity index is 1.56. The number of methoxy groups -OCH3 is 1. The normalized spacial score (nSPS) is 28.1. The van der Waals surface area contributed by atoms with Gasteiger partial charge in [-0.05, 0) is 32.1 Å². The number of carbonyl (C=O) groups is 2. The zero-order chi connectivity index (χ0) is 17.7. The molecule has 3 heterocycles. The van der Waals surface area contributed by atoms with Crippen LogP contribution in [0.1, 0.15) is 32.1 Å². The molecule has 25 heavy (non-hydrogen) atoms. The zero-order valence-corrected chi connectivity index (χ0v) is 15.2. The maximum Gasteiger partial charge on any atom is 0.248 e. The lowest BCUT2D eigenvalue weighted by atomic mass is 9.77. The second kappa shape index (κ2) is 8.47. The number of hydrogen-bond acceptors (Lipinski definition) is 5. The van der Waals surface area contributed by atoms with Crippen molar-refractivity contribution in [3.63, 3.8) is 0 Å². The van der Waals surface area contributed by atoms with Crippen LogP contribution in [0.15, 0.2) is 0 Å². The van der Waals surface area contributed by atoms with Crippen LogP contribution in [0.3, 0.4) is 0 Å². The molecule has 0 aromatic carbocycles. The van der Waals surface area contributed by atoms with Gasteiger partial charge < -0.3 is 24.0 Å². The van der Waals surface area contributed by atoms with E-state index in [0.717, 1.165) is 51.9 Å². The Labute approximate surface area is 149 Å². The summed E-state index contributed by atoms with van der Waals surface area (Å²) in [6, 6.07) is 0.306. The fraction of sp³-hybridized carbons (Fsp3) is 0.889. The van der Waals surface area contributed by atoms with Crippen LogP contribution < -0.4 is 0 Å². The van der Waals surface area contributed by atoms with Crippen molar-refractivity contribution in [2.45, 2.75) is 38.1 Å². The molecule has 1 unspecified atom stereocenters. The topological polar surface area (TPSA) is 68.3 Å².